The third-order valence-electron chi connectivity index (χ3n) is 6.38. The van der Waals surface area contributed by atoms with Gasteiger partial charge in [0.05, 0.1) is 10.9 Å². The number of nitrogens with zero attached hydrogens (tertiary/aromatic N) is 1. The van der Waals surface area contributed by atoms with E-state index < -0.39 is 16.0 Å². The second kappa shape index (κ2) is 10.6. The highest BCUT2D eigenvalue weighted by Gasteiger charge is 2.29. The summed E-state index contributed by atoms with van der Waals surface area (Å²) in [5.41, 5.74) is 1.66. The number of hydrogen-bond donors (Lipinski definition) is 2. The predicted molar refractivity (Wildman–Crippen MR) is 129 cm³/mol. The zero-order chi connectivity index (χ0) is 25.0. The number of halogens is 2. The van der Waals surface area contributed by atoms with Gasteiger partial charge in [-0.3, -0.25) is 4.79 Å². The second-order valence-corrected chi connectivity index (χ2v) is 10.5. The van der Waals surface area contributed by atoms with Gasteiger partial charge < -0.3 is 5.32 Å². The van der Waals surface area contributed by atoms with Gasteiger partial charge in [-0.2, -0.15) is 4.39 Å². The Morgan fingerprint density at radius 1 is 0.971 bits per heavy atom. The van der Waals surface area contributed by atoms with Crippen molar-refractivity contribution in [2.45, 2.75) is 49.6 Å². The first-order chi connectivity index (χ1) is 16.7. The van der Waals surface area contributed by atoms with Gasteiger partial charge in [-0.1, -0.05) is 24.3 Å². The molecule has 1 aliphatic carbocycles. The molecule has 35 heavy (non-hydrogen) atoms. The van der Waals surface area contributed by atoms with Crippen molar-refractivity contribution in [2.24, 2.45) is 5.92 Å². The molecule has 1 atom stereocenters. The highest BCUT2D eigenvalue weighted by atomic mass is 32.2. The number of pyridine rings is 1. The summed E-state index contributed by atoms with van der Waals surface area (Å²) in [5, 5.41) is 2.97. The lowest BCUT2D eigenvalue weighted by Crippen LogP contribution is -2.41. The summed E-state index contributed by atoms with van der Waals surface area (Å²) in [6, 6.07) is 14.7. The van der Waals surface area contributed by atoms with Crippen LogP contribution in [-0.2, 0) is 14.8 Å². The van der Waals surface area contributed by atoms with E-state index in [1.54, 1.807) is 36.4 Å². The Labute approximate surface area is 203 Å². The Morgan fingerprint density at radius 3 is 2.26 bits per heavy atom. The van der Waals surface area contributed by atoms with E-state index in [-0.39, 0.29) is 34.6 Å². The van der Waals surface area contributed by atoms with Gasteiger partial charge in [0.15, 0.2) is 0 Å². The Kier molecular flexibility index (Phi) is 7.57. The maximum Gasteiger partial charge on any atom is 0.240 e. The molecule has 0 radical (unpaired) electrons. The molecule has 0 bridgehead atoms. The predicted octanol–water partition coefficient (Wildman–Crippen LogP) is 4.74. The van der Waals surface area contributed by atoms with E-state index >= 15 is 0 Å². The van der Waals surface area contributed by atoms with E-state index in [0.29, 0.717) is 36.8 Å². The van der Waals surface area contributed by atoms with Crippen molar-refractivity contribution >= 4 is 15.9 Å². The van der Waals surface area contributed by atoms with Gasteiger partial charge in [-0.25, -0.2) is 22.5 Å². The third-order valence-corrected chi connectivity index (χ3v) is 7.92. The molecule has 2 aromatic carbocycles. The first-order valence-electron chi connectivity index (χ1n) is 11.5. The first-order valence-corrected chi connectivity index (χ1v) is 13.0. The van der Waals surface area contributed by atoms with Gasteiger partial charge in [0, 0.05) is 23.7 Å². The number of nitrogens with one attached hydrogen (secondary N) is 2. The summed E-state index contributed by atoms with van der Waals surface area (Å²) in [6.45, 7) is 1.85. The molecule has 1 heterocycles. The second-order valence-electron chi connectivity index (χ2n) is 8.82. The molecular formula is C26H27F2N3O3S. The lowest BCUT2D eigenvalue weighted by atomic mass is 9.85. The lowest BCUT2D eigenvalue weighted by Gasteiger charge is -2.29. The fourth-order valence-electron chi connectivity index (χ4n) is 4.34. The van der Waals surface area contributed by atoms with E-state index in [1.807, 2.05) is 6.92 Å². The number of hydrogen-bond acceptors (Lipinski definition) is 4. The first kappa shape index (κ1) is 24.9. The van der Waals surface area contributed by atoms with Crippen LogP contribution in [0.3, 0.4) is 0 Å². The highest BCUT2D eigenvalue weighted by molar-refractivity contribution is 7.89. The summed E-state index contributed by atoms with van der Waals surface area (Å²) in [4.78, 5) is 16.4. The van der Waals surface area contributed by atoms with Crippen molar-refractivity contribution in [1.82, 2.24) is 15.0 Å². The third kappa shape index (κ3) is 6.10. The topological polar surface area (TPSA) is 88.2 Å². The van der Waals surface area contributed by atoms with Gasteiger partial charge in [0.25, 0.3) is 0 Å². The zero-order valence-electron chi connectivity index (χ0n) is 19.2. The van der Waals surface area contributed by atoms with Crippen LogP contribution < -0.4 is 10.0 Å². The van der Waals surface area contributed by atoms with E-state index in [2.05, 4.69) is 15.0 Å². The zero-order valence-corrected chi connectivity index (χ0v) is 20.1. The van der Waals surface area contributed by atoms with Crippen molar-refractivity contribution in [1.29, 1.82) is 0 Å². The minimum absolute atomic E-state index is 0.0821. The van der Waals surface area contributed by atoms with Gasteiger partial charge in [-0.15, -0.1) is 0 Å². The lowest BCUT2D eigenvalue weighted by molar-refractivity contribution is -0.126. The van der Waals surface area contributed by atoms with E-state index in [0.717, 1.165) is 5.56 Å². The van der Waals surface area contributed by atoms with Crippen molar-refractivity contribution in [3.63, 3.8) is 0 Å². The fraction of sp³-hybridized carbons (Fsp3) is 0.308. The highest BCUT2D eigenvalue weighted by Crippen LogP contribution is 2.28. The molecule has 2 N–H and O–H groups in total. The van der Waals surface area contributed by atoms with Crippen molar-refractivity contribution < 1.29 is 22.0 Å². The SMILES string of the molecule is C[C@@H](NC(=O)[C@H]1CC[C@H](NS(=O)(=O)c2ccc(-c3cccnc3F)cc2)CC1)c1ccc(F)cc1. The molecule has 0 saturated heterocycles. The Bertz CT molecular complexity index is 1270. The van der Waals surface area contributed by atoms with Crippen LogP contribution in [0.5, 0.6) is 0 Å². The number of carbonyl (C=O) groups excluding carboxylic acids is 1. The number of aromatic nitrogens is 1. The standard InChI is InChI=1S/C26H27F2N3O3S/c1-17(18-4-10-21(27)11-5-18)30-26(32)20-6-12-22(13-7-20)31-35(33,34)23-14-8-19(9-15-23)24-3-2-16-29-25(24)28/h2-5,8-11,14-17,20,22,31H,6-7,12-13H2,1H3,(H,30,32)/t17-,20-,22-/m1/s1. The number of benzene rings is 2. The molecular weight excluding hydrogens is 472 g/mol. The van der Waals surface area contributed by atoms with Crippen LogP contribution in [0.4, 0.5) is 8.78 Å². The molecule has 1 amide bonds. The van der Waals surface area contributed by atoms with Gasteiger partial charge in [0.1, 0.15) is 5.82 Å². The van der Waals surface area contributed by atoms with Crippen LogP contribution in [0, 0.1) is 17.7 Å². The number of rotatable bonds is 7. The molecule has 184 valence electrons. The Hall–Kier alpha value is -3.17. The molecule has 9 heteroatoms. The van der Waals surface area contributed by atoms with E-state index in [9.17, 15) is 22.0 Å². The summed E-state index contributed by atoms with van der Waals surface area (Å²) in [5.74, 6) is -1.23. The number of carbonyl (C=O) groups is 1. The molecule has 1 aliphatic rings. The summed E-state index contributed by atoms with van der Waals surface area (Å²) < 4.78 is 55.4. The van der Waals surface area contributed by atoms with Gasteiger partial charge >= 0.3 is 0 Å². The largest absolute Gasteiger partial charge is 0.349 e. The summed E-state index contributed by atoms with van der Waals surface area (Å²) in [7, 11) is -3.76. The average Bonchev–Trinajstić information content (AvgIpc) is 2.85. The normalized spacial score (nSPS) is 19.2. The minimum Gasteiger partial charge on any atom is -0.349 e. The van der Waals surface area contributed by atoms with Crippen LogP contribution >= 0.6 is 0 Å². The smallest absolute Gasteiger partial charge is 0.240 e. The summed E-state index contributed by atoms with van der Waals surface area (Å²) in [6.07, 6.45) is 3.57. The maximum absolute atomic E-state index is 13.9. The van der Waals surface area contributed by atoms with Crippen molar-refractivity contribution in [3.05, 3.63) is 84.2 Å². The van der Waals surface area contributed by atoms with Crippen LogP contribution in [0.1, 0.15) is 44.2 Å². The average molecular weight is 500 g/mol. The monoisotopic (exact) mass is 499 g/mol. The van der Waals surface area contributed by atoms with Crippen LogP contribution in [0.15, 0.2) is 71.8 Å². The van der Waals surface area contributed by atoms with Crippen LogP contribution in [0.2, 0.25) is 0 Å². The molecule has 4 rings (SSSR count). The molecule has 6 nitrogen and oxygen atoms in total. The van der Waals surface area contributed by atoms with E-state index in [1.165, 1.54) is 30.5 Å². The summed E-state index contributed by atoms with van der Waals surface area (Å²) >= 11 is 0. The molecule has 1 saturated carbocycles. The molecule has 0 aliphatic heterocycles. The van der Waals surface area contributed by atoms with Gasteiger partial charge in [0.2, 0.25) is 21.9 Å². The van der Waals surface area contributed by atoms with E-state index in [4.69, 9.17) is 0 Å². The van der Waals surface area contributed by atoms with Gasteiger partial charge in [-0.05, 0) is 80.1 Å². The van der Waals surface area contributed by atoms with Crippen LogP contribution in [0.25, 0.3) is 11.1 Å². The fourth-order valence-corrected chi connectivity index (χ4v) is 5.65. The molecule has 0 spiro atoms. The van der Waals surface area contributed by atoms with Crippen molar-refractivity contribution in [3.8, 4) is 11.1 Å². The Balaban J connectivity index is 1.31. The minimum atomic E-state index is -3.76. The quantitative estimate of drug-likeness (QED) is 0.460. The van der Waals surface area contributed by atoms with Crippen LogP contribution in [-0.4, -0.2) is 25.4 Å². The van der Waals surface area contributed by atoms with Crippen molar-refractivity contribution in [2.75, 3.05) is 0 Å². The molecule has 1 fully saturated rings. The molecule has 0 unspecified atom stereocenters. The maximum atomic E-state index is 13.9. The molecule has 1 aromatic heterocycles. The number of amides is 1. The number of sulfonamides is 1. The Morgan fingerprint density at radius 2 is 1.63 bits per heavy atom. The molecule has 3 aromatic rings.